The van der Waals surface area contributed by atoms with Crippen molar-refractivity contribution in [3.8, 4) is 0 Å². The predicted molar refractivity (Wildman–Crippen MR) is 78.7 cm³/mol. The van der Waals surface area contributed by atoms with Crippen molar-refractivity contribution in [3.63, 3.8) is 0 Å². The Balaban J connectivity index is 1.76. The fourth-order valence-corrected chi connectivity index (χ4v) is 4.84. The van der Waals surface area contributed by atoms with Crippen LogP contribution in [0.1, 0.15) is 65.2 Å². The Kier molecular flexibility index (Phi) is 5.68. The molecule has 17 heavy (non-hydrogen) atoms. The Morgan fingerprint density at radius 2 is 1.88 bits per heavy atom. The lowest BCUT2D eigenvalue weighted by atomic mass is 9.82. The molecular formula is C15H29NS. The molecule has 2 saturated carbocycles. The van der Waals surface area contributed by atoms with Crippen molar-refractivity contribution in [1.82, 2.24) is 5.32 Å². The van der Waals surface area contributed by atoms with Crippen LogP contribution >= 0.6 is 11.8 Å². The smallest absolute Gasteiger partial charge is 0.00978 e. The standard InChI is InChI=1S/C15H29NS/c1-3-12-7-5-6-8-15(12)16-13-9-10-14(11-13)17-4-2/h12-16H,3-11H2,1-2H3. The Morgan fingerprint density at radius 3 is 2.65 bits per heavy atom. The molecule has 1 nitrogen and oxygen atoms in total. The van der Waals surface area contributed by atoms with E-state index in [0.717, 1.165) is 23.3 Å². The number of hydrogen-bond donors (Lipinski definition) is 1. The quantitative estimate of drug-likeness (QED) is 0.789. The van der Waals surface area contributed by atoms with Gasteiger partial charge in [0.05, 0.1) is 0 Å². The SMILES string of the molecule is CCSC1CCC(NC2CCCCC2CC)C1. The Bertz CT molecular complexity index is 219. The zero-order valence-corrected chi connectivity index (χ0v) is 12.4. The molecule has 2 aliphatic rings. The molecule has 0 amide bonds. The molecular weight excluding hydrogens is 226 g/mol. The van der Waals surface area contributed by atoms with Crippen LogP contribution in [0.5, 0.6) is 0 Å². The van der Waals surface area contributed by atoms with Crippen molar-refractivity contribution < 1.29 is 0 Å². The summed E-state index contributed by atoms with van der Waals surface area (Å²) in [7, 11) is 0. The molecule has 0 aromatic heterocycles. The third-order valence-electron chi connectivity index (χ3n) is 4.67. The van der Waals surface area contributed by atoms with Gasteiger partial charge in [0, 0.05) is 17.3 Å². The van der Waals surface area contributed by atoms with Gasteiger partial charge < -0.3 is 5.32 Å². The number of hydrogen-bond acceptors (Lipinski definition) is 2. The van der Waals surface area contributed by atoms with Gasteiger partial charge in [-0.2, -0.15) is 11.8 Å². The molecule has 2 fully saturated rings. The molecule has 0 radical (unpaired) electrons. The highest BCUT2D eigenvalue weighted by molar-refractivity contribution is 7.99. The number of thioether (sulfide) groups is 1. The van der Waals surface area contributed by atoms with E-state index in [1.54, 1.807) is 0 Å². The van der Waals surface area contributed by atoms with Crippen LogP contribution in [0.25, 0.3) is 0 Å². The molecule has 1 N–H and O–H groups in total. The van der Waals surface area contributed by atoms with E-state index in [9.17, 15) is 0 Å². The fraction of sp³-hybridized carbons (Fsp3) is 1.00. The second-order valence-corrected chi connectivity index (χ2v) is 7.39. The summed E-state index contributed by atoms with van der Waals surface area (Å²) in [6.07, 6.45) is 11.5. The first-order chi connectivity index (χ1) is 8.33. The van der Waals surface area contributed by atoms with Gasteiger partial charge >= 0.3 is 0 Å². The topological polar surface area (TPSA) is 12.0 Å². The highest BCUT2D eigenvalue weighted by Gasteiger charge is 2.30. The Labute approximate surface area is 112 Å². The third kappa shape index (κ3) is 3.89. The second kappa shape index (κ2) is 7.04. The van der Waals surface area contributed by atoms with Gasteiger partial charge in [-0.3, -0.25) is 0 Å². The van der Waals surface area contributed by atoms with Gasteiger partial charge in [0.1, 0.15) is 0 Å². The van der Waals surface area contributed by atoms with Crippen LogP contribution in [0.15, 0.2) is 0 Å². The zero-order chi connectivity index (χ0) is 12.1. The predicted octanol–water partition coefficient (Wildman–Crippen LogP) is 4.22. The van der Waals surface area contributed by atoms with E-state index < -0.39 is 0 Å². The normalized spacial score (nSPS) is 38.5. The summed E-state index contributed by atoms with van der Waals surface area (Å²) in [6.45, 7) is 4.66. The van der Waals surface area contributed by atoms with Crippen LogP contribution < -0.4 is 5.32 Å². The average molecular weight is 255 g/mol. The highest BCUT2D eigenvalue weighted by atomic mass is 32.2. The van der Waals surface area contributed by atoms with Crippen molar-refractivity contribution >= 4 is 11.8 Å². The molecule has 0 spiro atoms. The molecule has 0 aliphatic heterocycles. The average Bonchev–Trinajstić information content (AvgIpc) is 2.78. The largest absolute Gasteiger partial charge is 0.311 e. The molecule has 0 aromatic rings. The molecule has 2 rings (SSSR count). The van der Waals surface area contributed by atoms with Gasteiger partial charge in [-0.05, 0) is 43.8 Å². The fourth-order valence-electron chi connectivity index (χ4n) is 3.70. The maximum atomic E-state index is 3.99. The van der Waals surface area contributed by atoms with Crippen molar-refractivity contribution in [2.45, 2.75) is 82.5 Å². The monoisotopic (exact) mass is 255 g/mol. The first-order valence-corrected chi connectivity index (χ1v) is 8.76. The summed E-state index contributed by atoms with van der Waals surface area (Å²) in [5.74, 6) is 2.25. The molecule has 100 valence electrons. The maximum Gasteiger partial charge on any atom is 0.00978 e. The molecule has 4 unspecified atom stereocenters. The molecule has 4 atom stereocenters. The first-order valence-electron chi connectivity index (χ1n) is 7.71. The zero-order valence-electron chi connectivity index (χ0n) is 11.6. The Morgan fingerprint density at radius 1 is 1.06 bits per heavy atom. The van der Waals surface area contributed by atoms with Gasteiger partial charge in [0.2, 0.25) is 0 Å². The molecule has 0 saturated heterocycles. The number of nitrogens with one attached hydrogen (secondary N) is 1. The lowest BCUT2D eigenvalue weighted by molar-refractivity contribution is 0.237. The van der Waals surface area contributed by atoms with Gasteiger partial charge in [0.15, 0.2) is 0 Å². The van der Waals surface area contributed by atoms with E-state index in [-0.39, 0.29) is 0 Å². The molecule has 2 aliphatic carbocycles. The molecule has 0 aromatic carbocycles. The minimum Gasteiger partial charge on any atom is -0.311 e. The maximum absolute atomic E-state index is 3.99. The summed E-state index contributed by atoms with van der Waals surface area (Å²) >= 11 is 2.17. The van der Waals surface area contributed by atoms with E-state index in [0.29, 0.717) is 0 Å². The second-order valence-electron chi connectivity index (χ2n) is 5.81. The summed E-state index contributed by atoms with van der Waals surface area (Å²) in [5.41, 5.74) is 0. The van der Waals surface area contributed by atoms with Crippen molar-refractivity contribution in [2.75, 3.05) is 5.75 Å². The third-order valence-corrected chi connectivity index (χ3v) is 5.90. The van der Waals surface area contributed by atoms with E-state index in [1.807, 2.05) is 0 Å². The summed E-state index contributed by atoms with van der Waals surface area (Å²) in [6, 6.07) is 1.67. The highest BCUT2D eigenvalue weighted by Crippen LogP contribution is 2.32. The van der Waals surface area contributed by atoms with Gasteiger partial charge in [-0.15, -0.1) is 0 Å². The summed E-state index contributed by atoms with van der Waals surface area (Å²) in [5, 5.41) is 4.94. The van der Waals surface area contributed by atoms with E-state index >= 15 is 0 Å². The van der Waals surface area contributed by atoms with Crippen LogP contribution in [0, 0.1) is 5.92 Å². The van der Waals surface area contributed by atoms with Gasteiger partial charge in [-0.1, -0.05) is 33.1 Å². The minimum absolute atomic E-state index is 0.830. The molecule has 0 heterocycles. The summed E-state index contributed by atoms with van der Waals surface area (Å²) < 4.78 is 0. The van der Waals surface area contributed by atoms with Crippen LogP contribution in [-0.2, 0) is 0 Å². The lowest BCUT2D eigenvalue weighted by Gasteiger charge is -2.34. The molecule has 2 heteroatoms. The van der Waals surface area contributed by atoms with E-state index in [2.05, 4.69) is 30.9 Å². The lowest BCUT2D eigenvalue weighted by Crippen LogP contribution is -2.43. The van der Waals surface area contributed by atoms with Crippen LogP contribution in [0.2, 0.25) is 0 Å². The first kappa shape index (κ1) is 13.7. The van der Waals surface area contributed by atoms with Crippen molar-refractivity contribution in [2.24, 2.45) is 5.92 Å². The van der Waals surface area contributed by atoms with Crippen molar-refractivity contribution in [1.29, 1.82) is 0 Å². The minimum atomic E-state index is 0.830. The van der Waals surface area contributed by atoms with Crippen LogP contribution in [0.4, 0.5) is 0 Å². The number of rotatable bonds is 5. The van der Waals surface area contributed by atoms with Crippen LogP contribution in [0.3, 0.4) is 0 Å². The van der Waals surface area contributed by atoms with E-state index in [4.69, 9.17) is 0 Å². The Hall–Kier alpha value is 0.310. The van der Waals surface area contributed by atoms with Gasteiger partial charge in [0.25, 0.3) is 0 Å². The van der Waals surface area contributed by atoms with Gasteiger partial charge in [-0.25, -0.2) is 0 Å². The summed E-state index contributed by atoms with van der Waals surface area (Å²) in [4.78, 5) is 0. The van der Waals surface area contributed by atoms with Crippen molar-refractivity contribution in [3.05, 3.63) is 0 Å². The molecule has 0 bridgehead atoms. The van der Waals surface area contributed by atoms with E-state index in [1.165, 1.54) is 57.1 Å². The van der Waals surface area contributed by atoms with Crippen LogP contribution in [-0.4, -0.2) is 23.1 Å².